The molecule has 0 aliphatic heterocycles. The predicted octanol–water partition coefficient (Wildman–Crippen LogP) is 3.12. The van der Waals surface area contributed by atoms with Gasteiger partial charge in [-0.1, -0.05) is 29.8 Å². The normalized spacial score (nSPS) is 10.7. The van der Waals surface area contributed by atoms with Gasteiger partial charge in [0.1, 0.15) is 9.71 Å². The van der Waals surface area contributed by atoms with Crippen molar-refractivity contribution in [2.75, 3.05) is 5.73 Å². The summed E-state index contributed by atoms with van der Waals surface area (Å²) >= 11 is 1.32. The molecule has 5 heteroatoms. The molecule has 0 aliphatic carbocycles. The highest BCUT2D eigenvalue weighted by molar-refractivity contribution is 7.21. The van der Waals surface area contributed by atoms with Gasteiger partial charge in [0.15, 0.2) is 0 Å². The minimum Gasteiger partial charge on any atom is -0.397 e. The molecule has 3 N–H and O–H groups in total. The van der Waals surface area contributed by atoms with Gasteiger partial charge in [0, 0.05) is 18.1 Å². The number of carbonyl (C=O) groups is 1. The maximum absolute atomic E-state index is 12.3. The summed E-state index contributed by atoms with van der Waals surface area (Å²) in [6, 6.07) is 11.8. The molecule has 0 bridgehead atoms. The van der Waals surface area contributed by atoms with Crippen LogP contribution >= 0.6 is 11.3 Å². The highest BCUT2D eigenvalue weighted by atomic mass is 32.1. The van der Waals surface area contributed by atoms with Crippen molar-refractivity contribution in [1.82, 2.24) is 10.3 Å². The van der Waals surface area contributed by atoms with E-state index in [1.807, 2.05) is 37.3 Å². The van der Waals surface area contributed by atoms with E-state index in [0.29, 0.717) is 17.1 Å². The van der Waals surface area contributed by atoms with E-state index < -0.39 is 0 Å². The number of nitrogen functional groups attached to an aromatic ring is 1. The number of hydrogen-bond acceptors (Lipinski definition) is 4. The number of aryl methyl sites for hydroxylation is 1. The lowest BCUT2D eigenvalue weighted by Gasteiger charge is -2.05. The van der Waals surface area contributed by atoms with Crippen LogP contribution in [0.25, 0.3) is 10.2 Å². The average Bonchev–Trinajstić information content (AvgIpc) is 2.83. The minimum absolute atomic E-state index is 0.156. The molecule has 0 fully saturated rings. The number of benzene rings is 1. The van der Waals surface area contributed by atoms with Crippen LogP contribution in [0.4, 0.5) is 5.69 Å². The number of anilines is 1. The molecule has 1 aromatic carbocycles. The number of nitrogens with one attached hydrogen (secondary N) is 1. The second-order valence-corrected chi connectivity index (χ2v) is 5.87. The Morgan fingerprint density at radius 2 is 2.19 bits per heavy atom. The third kappa shape index (κ3) is 2.73. The van der Waals surface area contributed by atoms with Crippen LogP contribution in [0.15, 0.2) is 42.6 Å². The Labute approximate surface area is 126 Å². The van der Waals surface area contributed by atoms with Crippen molar-refractivity contribution in [3.05, 3.63) is 58.6 Å². The van der Waals surface area contributed by atoms with E-state index in [1.54, 1.807) is 6.20 Å². The number of fused-ring (bicyclic) bond motifs is 1. The first-order valence-corrected chi connectivity index (χ1v) is 7.43. The number of hydrogen-bond donors (Lipinski definition) is 2. The number of pyridine rings is 1. The fourth-order valence-corrected chi connectivity index (χ4v) is 3.18. The molecule has 1 amide bonds. The number of amides is 1. The largest absolute Gasteiger partial charge is 0.397 e. The molecule has 0 saturated carbocycles. The predicted molar refractivity (Wildman–Crippen MR) is 86.4 cm³/mol. The standard InChI is InChI=1S/C16H15N3OS/c1-10-4-2-5-11(8-10)9-19-15(20)14-13(17)12-6-3-7-18-16(12)21-14/h2-8H,9,17H2,1H3,(H,19,20). The van der Waals surface area contributed by atoms with Gasteiger partial charge in [-0.15, -0.1) is 11.3 Å². The molecule has 106 valence electrons. The van der Waals surface area contributed by atoms with E-state index in [4.69, 9.17) is 5.73 Å². The number of carbonyl (C=O) groups excluding carboxylic acids is 1. The first-order chi connectivity index (χ1) is 10.1. The quantitative estimate of drug-likeness (QED) is 0.780. The number of nitrogens with zero attached hydrogens (tertiary/aromatic N) is 1. The Morgan fingerprint density at radius 3 is 2.95 bits per heavy atom. The van der Waals surface area contributed by atoms with Crippen molar-refractivity contribution in [3.8, 4) is 0 Å². The molecular formula is C16H15N3OS. The zero-order valence-electron chi connectivity index (χ0n) is 11.6. The molecule has 0 atom stereocenters. The van der Waals surface area contributed by atoms with Crippen molar-refractivity contribution >= 4 is 33.1 Å². The molecule has 0 unspecified atom stereocenters. The van der Waals surface area contributed by atoms with Gasteiger partial charge in [-0.25, -0.2) is 4.98 Å². The maximum Gasteiger partial charge on any atom is 0.263 e. The summed E-state index contributed by atoms with van der Waals surface area (Å²) in [5, 5.41) is 3.74. The van der Waals surface area contributed by atoms with Crippen molar-refractivity contribution in [1.29, 1.82) is 0 Å². The van der Waals surface area contributed by atoms with E-state index in [0.717, 1.165) is 15.8 Å². The van der Waals surface area contributed by atoms with Crippen LogP contribution in [0.2, 0.25) is 0 Å². The van der Waals surface area contributed by atoms with Crippen molar-refractivity contribution in [2.45, 2.75) is 13.5 Å². The van der Waals surface area contributed by atoms with Crippen LogP contribution in [-0.4, -0.2) is 10.9 Å². The topological polar surface area (TPSA) is 68.0 Å². The van der Waals surface area contributed by atoms with Gasteiger partial charge in [0.05, 0.1) is 5.69 Å². The van der Waals surface area contributed by atoms with Gasteiger partial charge in [-0.05, 0) is 24.6 Å². The molecule has 3 aromatic rings. The number of aromatic nitrogens is 1. The first-order valence-electron chi connectivity index (χ1n) is 6.62. The van der Waals surface area contributed by atoms with Gasteiger partial charge < -0.3 is 11.1 Å². The molecule has 0 aliphatic rings. The first kappa shape index (κ1) is 13.6. The lowest BCUT2D eigenvalue weighted by molar-refractivity contribution is 0.0956. The van der Waals surface area contributed by atoms with Crippen molar-refractivity contribution in [3.63, 3.8) is 0 Å². The summed E-state index contributed by atoms with van der Waals surface area (Å²) in [7, 11) is 0. The highest BCUT2D eigenvalue weighted by Crippen LogP contribution is 2.31. The van der Waals surface area contributed by atoms with Crippen molar-refractivity contribution in [2.24, 2.45) is 0 Å². The van der Waals surface area contributed by atoms with Crippen LogP contribution in [0.1, 0.15) is 20.8 Å². The lowest BCUT2D eigenvalue weighted by Crippen LogP contribution is -2.22. The molecule has 0 spiro atoms. The molecule has 3 rings (SSSR count). The van der Waals surface area contributed by atoms with Crippen LogP contribution in [0, 0.1) is 6.92 Å². The zero-order valence-corrected chi connectivity index (χ0v) is 12.4. The van der Waals surface area contributed by atoms with Crippen LogP contribution in [-0.2, 0) is 6.54 Å². The summed E-state index contributed by atoms with van der Waals surface area (Å²) in [6.07, 6.45) is 1.70. The summed E-state index contributed by atoms with van der Waals surface area (Å²) in [6.45, 7) is 2.52. The summed E-state index contributed by atoms with van der Waals surface area (Å²) < 4.78 is 0. The third-order valence-corrected chi connectivity index (χ3v) is 4.37. The molecular weight excluding hydrogens is 282 g/mol. The number of nitrogens with two attached hydrogens (primary N) is 1. The fourth-order valence-electron chi connectivity index (χ4n) is 2.20. The van der Waals surface area contributed by atoms with Gasteiger partial charge in [0.2, 0.25) is 0 Å². The Balaban J connectivity index is 1.79. The van der Waals surface area contributed by atoms with E-state index in [2.05, 4.69) is 16.4 Å². The van der Waals surface area contributed by atoms with E-state index in [9.17, 15) is 4.79 Å². The van der Waals surface area contributed by atoms with E-state index in [1.165, 1.54) is 16.9 Å². The maximum atomic E-state index is 12.3. The molecule has 2 aromatic heterocycles. The van der Waals surface area contributed by atoms with E-state index >= 15 is 0 Å². The number of thiophene rings is 1. The average molecular weight is 297 g/mol. The Morgan fingerprint density at radius 1 is 1.33 bits per heavy atom. The van der Waals surface area contributed by atoms with Crippen LogP contribution in [0.3, 0.4) is 0 Å². The smallest absolute Gasteiger partial charge is 0.263 e. The minimum atomic E-state index is -0.156. The molecule has 2 heterocycles. The molecule has 0 radical (unpaired) electrons. The van der Waals surface area contributed by atoms with Gasteiger partial charge in [-0.3, -0.25) is 4.79 Å². The van der Waals surface area contributed by atoms with Crippen LogP contribution in [0.5, 0.6) is 0 Å². The summed E-state index contributed by atoms with van der Waals surface area (Å²) in [5.41, 5.74) is 8.79. The molecule has 0 saturated heterocycles. The SMILES string of the molecule is Cc1cccc(CNC(=O)c2sc3ncccc3c2N)c1. The summed E-state index contributed by atoms with van der Waals surface area (Å²) in [5.74, 6) is -0.156. The Bertz CT molecular complexity index is 810. The zero-order chi connectivity index (χ0) is 14.8. The molecule has 4 nitrogen and oxygen atoms in total. The highest BCUT2D eigenvalue weighted by Gasteiger charge is 2.16. The van der Waals surface area contributed by atoms with E-state index in [-0.39, 0.29) is 5.91 Å². The fraction of sp³-hybridized carbons (Fsp3) is 0.125. The number of rotatable bonds is 3. The molecule has 21 heavy (non-hydrogen) atoms. The van der Waals surface area contributed by atoms with Crippen LogP contribution < -0.4 is 11.1 Å². The Hall–Kier alpha value is -2.40. The lowest BCUT2D eigenvalue weighted by atomic mass is 10.1. The Kier molecular flexibility index (Phi) is 3.58. The third-order valence-electron chi connectivity index (χ3n) is 3.25. The van der Waals surface area contributed by atoms with Gasteiger partial charge in [-0.2, -0.15) is 0 Å². The summed E-state index contributed by atoms with van der Waals surface area (Å²) in [4.78, 5) is 17.8. The van der Waals surface area contributed by atoms with Crippen molar-refractivity contribution < 1.29 is 4.79 Å². The second kappa shape index (κ2) is 5.54. The monoisotopic (exact) mass is 297 g/mol. The van der Waals surface area contributed by atoms with Gasteiger partial charge >= 0.3 is 0 Å². The van der Waals surface area contributed by atoms with Gasteiger partial charge in [0.25, 0.3) is 5.91 Å². The second-order valence-electron chi connectivity index (χ2n) is 4.87.